The third-order valence-corrected chi connectivity index (χ3v) is 3.70. The number of carbonyl (C=O) groups excluding carboxylic acids is 3. The minimum atomic E-state index is -1.14. The summed E-state index contributed by atoms with van der Waals surface area (Å²) in [4.78, 5) is 39.4. The van der Waals surface area contributed by atoms with E-state index in [-0.39, 0.29) is 0 Å². The van der Waals surface area contributed by atoms with Crippen LogP contribution < -0.4 is 0 Å². The van der Waals surface area contributed by atoms with E-state index >= 15 is 0 Å². The fraction of sp³-hybridized carbons (Fsp3) is 0.0909. The molecule has 5 nitrogen and oxygen atoms in total. The van der Waals surface area contributed by atoms with Crippen LogP contribution in [-0.2, 0) is 19.2 Å². The van der Waals surface area contributed by atoms with Crippen molar-refractivity contribution >= 4 is 68.7 Å². The van der Waals surface area contributed by atoms with Crippen LogP contribution in [0.5, 0.6) is 0 Å². The molecule has 0 atom stereocenters. The molecule has 0 aromatic heterocycles. The van der Waals surface area contributed by atoms with E-state index < -0.39 is 21.7 Å². The second-order valence-electron chi connectivity index (χ2n) is 5.68. The van der Waals surface area contributed by atoms with E-state index in [9.17, 15) is 19.2 Å². The average Bonchev–Trinajstić information content (AvgIpc) is 2.68. The van der Waals surface area contributed by atoms with Crippen LogP contribution in [0.4, 0.5) is 0 Å². The number of aryl methyl sites for hydroxylation is 2. The summed E-state index contributed by atoms with van der Waals surface area (Å²) in [6.45, 7) is 4.00. The zero-order valence-corrected chi connectivity index (χ0v) is 18.4. The summed E-state index contributed by atoms with van der Waals surface area (Å²) in [6.07, 6.45) is 5.73. The Balaban J connectivity index is 0.000000447. The highest BCUT2D eigenvalue weighted by Gasteiger charge is 2.01. The Kier molecular flexibility index (Phi) is 13.8. The molecule has 0 fully saturated rings. The van der Waals surface area contributed by atoms with Crippen LogP contribution in [0.3, 0.4) is 0 Å². The highest BCUT2D eigenvalue weighted by Crippen LogP contribution is 2.05. The van der Waals surface area contributed by atoms with Crippen molar-refractivity contribution in [1.29, 1.82) is 0 Å². The van der Waals surface area contributed by atoms with Gasteiger partial charge in [-0.05, 0) is 71.9 Å². The molecule has 0 heterocycles. The highest BCUT2D eigenvalue weighted by atomic mass is 35.5. The first-order valence-electron chi connectivity index (χ1n) is 8.32. The van der Waals surface area contributed by atoms with E-state index in [0.717, 1.165) is 17.2 Å². The normalized spacial score (nSPS) is 9.90. The summed E-state index contributed by atoms with van der Waals surface area (Å²) in [5.74, 6) is -0.921. The van der Waals surface area contributed by atoms with Crippen LogP contribution in [-0.4, -0.2) is 26.8 Å². The molecule has 0 aliphatic heterocycles. The molecule has 158 valence electrons. The third-order valence-electron chi connectivity index (χ3n) is 3.13. The van der Waals surface area contributed by atoms with Crippen LogP contribution >= 0.6 is 34.8 Å². The molecule has 0 aliphatic rings. The molecule has 2 aromatic rings. The highest BCUT2D eigenvalue weighted by molar-refractivity contribution is 6.97. The van der Waals surface area contributed by atoms with Crippen molar-refractivity contribution in [2.24, 2.45) is 0 Å². The van der Waals surface area contributed by atoms with E-state index in [1.807, 2.05) is 62.4 Å². The Bertz CT molecular complexity index is 837. The standard InChI is InChI=1S/C10H9ClO.C10H10O2.C2Cl2O2/c2*1-8-2-4-9(5-3-8)6-7-10(11)12;3-1(5)2(4)6/h2-7H,1H3;2-7H,1H3,(H,11,12);/b2*7-6+;. The predicted molar refractivity (Wildman–Crippen MR) is 121 cm³/mol. The Hall–Kier alpha value is -2.73. The monoisotopic (exact) mass is 468 g/mol. The minimum Gasteiger partial charge on any atom is -0.478 e. The van der Waals surface area contributed by atoms with Crippen molar-refractivity contribution in [2.75, 3.05) is 0 Å². The third kappa shape index (κ3) is 15.2. The Labute approximate surface area is 189 Å². The lowest BCUT2D eigenvalue weighted by Gasteiger charge is -1.92. The van der Waals surface area contributed by atoms with Crippen molar-refractivity contribution in [2.45, 2.75) is 13.8 Å². The maximum absolute atomic E-state index is 10.4. The molecule has 8 heteroatoms. The molecule has 0 radical (unpaired) electrons. The molecule has 0 unspecified atom stereocenters. The Morgan fingerprint density at radius 1 is 0.667 bits per heavy atom. The molecule has 0 saturated heterocycles. The topological polar surface area (TPSA) is 88.5 Å². The summed E-state index contributed by atoms with van der Waals surface area (Å²) < 4.78 is 0. The van der Waals surface area contributed by atoms with Crippen molar-refractivity contribution < 1.29 is 24.3 Å². The molecule has 30 heavy (non-hydrogen) atoms. The van der Waals surface area contributed by atoms with E-state index in [4.69, 9.17) is 16.7 Å². The van der Waals surface area contributed by atoms with Gasteiger partial charge in [-0.3, -0.25) is 14.4 Å². The van der Waals surface area contributed by atoms with Crippen LogP contribution in [0.1, 0.15) is 22.3 Å². The van der Waals surface area contributed by atoms with Crippen molar-refractivity contribution in [3.63, 3.8) is 0 Å². The van der Waals surface area contributed by atoms with Crippen LogP contribution in [0.15, 0.2) is 60.7 Å². The van der Waals surface area contributed by atoms with Gasteiger partial charge in [0.05, 0.1) is 0 Å². The molecule has 2 aromatic carbocycles. The summed E-state index contributed by atoms with van der Waals surface area (Å²) in [7, 11) is 0. The van der Waals surface area contributed by atoms with Crippen molar-refractivity contribution in [1.82, 2.24) is 0 Å². The number of carbonyl (C=O) groups is 4. The number of carboxylic acid groups (broad SMARTS) is 1. The van der Waals surface area contributed by atoms with Crippen molar-refractivity contribution in [3.05, 3.63) is 82.9 Å². The van der Waals surface area contributed by atoms with Gasteiger partial charge in [-0.25, -0.2) is 4.79 Å². The second-order valence-corrected chi connectivity index (χ2v) is 6.74. The SMILES string of the molecule is Cc1ccc(/C=C/C(=O)Cl)cc1.Cc1ccc(/C=C/C(=O)O)cc1.O=C(Cl)C(=O)Cl. The Morgan fingerprint density at radius 2 is 1.00 bits per heavy atom. The number of benzene rings is 2. The molecule has 0 bridgehead atoms. The van der Waals surface area contributed by atoms with Gasteiger partial charge in [0.15, 0.2) is 0 Å². The minimum absolute atomic E-state index is 0.449. The lowest BCUT2D eigenvalue weighted by Crippen LogP contribution is -1.94. The van der Waals surface area contributed by atoms with Gasteiger partial charge in [0.1, 0.15) is 0 Å². The fourth-order valence-electron chi connectivity index (χ4n) is 1.68. The zero-order chi connectivity index (χ0) is 23.1. The molecule has 1 N–H and O–H groups in total. The van der Waals surface area contributed by atoms with Gasteiger partial charge in [-0.2, -0.15) is 0 Å². The first kappa shape index (κ1) is 27.3. The molecule has 2 rings (SSSR count). The zero-order valence-electron chi connectivity index (χ0n) is 16.1. The number of rotatable bonds is 5. The lowest BCUT2D eigenvalue weighted by atomic mass is 10.1. The largest absolute Gasteiger partial charge is 0.478 e. The Morgan fingerprint density at radius 3 is 1.27 bits per heavy atom. The van der Waals surface area contributed by atoms with Crippen LogP contribution in [0.25, 0.3) is 12.2 Å². The summed E-state index contributed by atoms with van der Waals surface area (Å²) in [5.41, 5.74) is 4.25. The molecular formula is C22H19Cl3O5. The van der Waals surface area contributed by atoms with Crippen molar-refractivity contribution in [3.8, 4) is 0 Å². The quantitative estimate of drug-likeness (QED) is 0.360. The van der Waals surface area contributed by atoms with E-state index in [2.05, 4.69) is 23.2 Å². The molecule has 0 amide bonds. The smallest absolute Gasteiger partial charge is 0.328 e. The van der Waals surface area contributed by atoms with Gasteiger partial charge in [-0.1, -0.05) is 65.7 Å². The van der Waals surface area contributed by atoms with Crippen LogP contribution in [0.2, 0.25) is 0 Å². The summed E-state index contributed by atoms with van der Waals surface area (Å²) in [6, 6.07) is 15.5. The first-order valence-corrected chi connectivity index (χ1v) is 9.46. The number of aliphatic carboxylic acids is 1. The number of hydrogen-bond donors (Lipinski definition) is 1. The van der Waals surface area contributed by atoms with Gasteiger partial charge in [0.25, 0.3) is 0 Å². The number of carboxylic acids is 1. The van der Waals surface area contributed by atoms with Gasteiger partial charge >= 0.3 is 16.5 Å². The summed E-state index contributed by atoms with van der Waals surface area (Å²) >= 11 is 14.1. The van der Waals surface area contributed by atoms with Gasteiger partial charge < -0.3 is 5.11 Å². The molecular weight excluding hydrogens is 451 g/mol. The average molecular weight is 470 g/mol. The first-order chi connectivity index (χ1) is 14.0. The van der Waals surface area contributed by atoms with Gasteiger partial charge in [0, 0.05) is 6.08 Å². The molecule has 0 aliphatic carbocycles. The number of allylic oxidation sites excluding steroid dienone is 1. The summed E-state index contributed by atoms with van der Waals surface area (Å²) in [5, 5.41) is 5.61. The van der Waals surface area contributed by atoms with E-state index in [0.29, 0.717) is 0 Å². The second kappa shape index (κ2) is 15.2. The number of hydrogen-bond acceptors (Lipinski definition) is 4. The predicted octanol–water partition coefficient (Wildman–Crippen LogP) is 5.38. The lowest BCUT2D eigenvalue weighted by molar-refractivity contribution is -0.131. The van der Waals surface area contributed by atoms with Crippen LogP contribution in [0, 0.1) is 13.8 Å². The maximum atomic E-state index is 10.4. The molecule has 0 spiro atoms. The van der Waals surface area contributed by atoms with Gasteiger partial charge in [0.2, 0.25) is 5.24 Å². The van der Waals surface area contributed by atoms with E-state index in [1.54, 1.807) is 12.2 Å². The molecule has 0 saturated carbocycles. The fourth-order valence-corrected chi connectivity index (χ4v) is 1.75. The maximum Gasteiger partial charge on any atom is 0.328 e. The van der Waals surface area contributed by atoms with E-state index in [1.165, 1.54) is 17.2 Å². The van der Waals surface area contributed by atoms with Gasteiger partial charge in [-0.15, -0.1) is 0 Å². The number of halogens is 3.